The molecule has 29 heavy (non-hydrogen) atoms. The number of imidazole rings is 1. The van der Waals surface area contributed by atoms with Crippen LogP contribution < -0.4 is 0 Å². The Labute approximate surface area is 172 Å². The summed E-state index contributed by atoms with van der Waals surface area (Å²) in [5, 5.41) is 4.42. The molecule has 4 rings (SSSR count). The highest BCUT2D eigenvalue weighted by molar-refractivity contribution is 5.94. The Morgan fingerprint density at radius 2 is 1.97 bits per heavy atom. The average molecular weight is 392 g/mol. The molecule has 0 saturated heterocycles. The quantitative estimate of drug-likeness (QED) is 0.661. The minimum atomic E-state index is 0.0172. The Kier molecular flexibility index (Phi) is 5.51. The van der Waals surface area contributed by atoms with Crippen LogP contribution in [0.25, 0.3) is 11.4 Å². The fraction of sp³-hybridized carbons (Fsp3) is 0.435. The Morgan fingerprint density at radius 1 is 1.17 bits per heavy atom. The van der Waals surface area contributed by atoms with Crippen molar-refractivity contribution < 1.29 is 4.79 Å². The number of fused-ring (bicyclic) bond motifs is 1. The third-order valence-corrected chi connectivity index (χ3v) is 5.75. The van der Waals surface area contributed by atoms with Crippen molar-refractivity contribution in [3.05, 3.63) is 59.2 Å². The van der Waals surface area contributed by atoms with Gasteiger partial charge in [0.05, 0.1) is 11.4 Å². The van der Waals surface area contributed by atoms with Crippen molar-refractivity contribution in [1.29, 1.82) is 0 Å². The summed E-state index contributed by atoms with van der Waals surface area (Å²) >= 11 is 0. The van der Waals surface area contributed by atoms with E-state index in [1.807, 2.05) is 50.2 Å². The Morgan fingerprint density at radius 3 is 2.66 bits per heavy atom. The summed E-state index contributed by atoms with van der Waals surface area (Å²) in [6.45, 7) is 6.13. The molecule has 1 amide bonds. The number of amides is 1. The molecular weight excluding hydrogens is 362 g/mol. The largest absolute Gasteiger partial charge is 0.333 e. The number of nitrogens with zero attached hydrogens (tertiary/aromatic N) is 5. The van der Waals surface area contributed by atoms with Crippen molar-refractivity contribution in [2.45, 2.75) is 52.6 Å². The number of carbonyl (C=O) groups is 1. The van der Waals surface area contributed by atoms with E-state index in [-0.39, 0.29) is 5.91 Å². The van der Waals surface area contributed by atoms with E-state index in [4.69, 9.17) is 4.98 Å². The standard InChI is InChI=1S/C23H29N5O/c1-4-27(16-19-15-26(3)25-17(19)2)23(29)21-20-13-9-6-10-14-28(20)22(24-21)18-11-7-5-8-12-18/h5,7-8,11-12,15H,4,6,9-10,13-14,16H2,1-3H3. The number of aromatic nitrogens is 4. The normalized spacial score (nSPS) is 13.8. The Hall–Kier alpha value is -2.89. The van der Waals surface area contributed by atoms with E-state index >= 15 is 0 Å². The summed E-state index contributed by atoms with van der Waals surface area (Å²) in [6.07, 6.45) is 6.33. The molecule has 0 unspecified atom stereocenters. The molecule has 0 N–H and O–H groups in total. The van der Waals surface area contributed by atoms with Gasteiger partial charge in [0, 0.05) is 44.0 Å². The molecule has 2 aromatic heterocycles. The topological polar surface area (TPSA) is 56.0 Å². The first-order chi connectivity index (χ1) is 14.1. The second-order valence-corrected chi connectivity index (χ2v) is 7.79. The molecule has 1 aliphatic heterocycles. The highest BCUT2D eigenvalue weighted by Crippen LogP contribution is 2.28. The minimum Gasteiger partial charge on any atom is -0.333 e. The van der Waals surface area contributed by atoms with Crippen molar-refractivity contribution in [2.75, 3.05) is 6.54 Å². The summed E-state index contributed by atoms with van der Waals surface area (Å²) in [6, 6.07) is 10.2. The zero-order valence-corrected chi connectivity index (χ0v) is 17.6. The highest BCUT2D eigenvalue weighted by atomic mass is 16.2. The van der Waals surface area contributed by atoms with Gasteiger partial charge in [-0.1, -0.05) is 36.8 Å². The number of rotatable bonds is 5. The molecule has 152 valence electrons. The van der Waals surface area contributed by atoms with Crippen LogP contribution in [0.3, 0.4) is 0 Å². The van der Waals surface area contributed by atoms with Gasteiger partial charge in [0.1, 0.15) is 11.5 Å². The number of hydrogen-bond donors (Lipinski definition) is 0. The average Bonchev–Trinajstić information content (AvgIpc) is 3.14. The van der Waals surface area contributed by atoms with Gasteiger partial charge < -0.3 is 9.47 Å². The van der Waals surface area contributed by atoms with E-state index in [9.17, 15) is 4.79 Å². The lowest BCUT2D eigenvalue weighted by molar-refractivity contribution is 0.0745. The maximum absolute atomic E-state index is 13.6. The highest BCUT2D eigenvalue weighted by Gasteiger charge is 2.27. The summed E-state index contributed by atoms with van der Waals surface area (Å²) in [5.74, 6) is 0.933. The van der Waals surface area contributed by atoms with Crippen LogP contribution in [-0.2, 0) is 26.6 Å². The van der Waals surface area contributed by atoms with Gasteiger partial charge in [-0.15, -0.1) is 0 Å². The van der Waals surface area contributed by atoms with Crippen LogP contribution in [0, 0.1) is 6.92 Å². The van der Waals surface area contributed by atoms with E-state index in [2.05, 4.69) is 21.8 Å². The number of aryl methyl sites for hydroxylation is 2. The van der Waals surface area contributed by atoms with Crippen LogP contribution in [0.1, 0.15) is 53.6 Å². The second-order valence-electron chi connectivity index (χ2n) is 7.79. The molecule has 0 atom stereocenters. The van der Waals surface area contributed by atoms with Gasteiger partial charge in [0.2, 0.25) is 0 Å². The van der Waals surface area contributed by atoms with Gasteiger partial charge in [0.25, 0.3) is 5.91 Å². The van der Waals surface area contributed by atoms with E-state index in [1.165, 1.54) is 6.42 Å². The third kappa shape index (κ3) is 3.84. The van der Waals surface area contributed by atoms with E-state index < -0.39 is 0 Å². The Bertz CT molecular complexity index is 1000. The molecule has 6 heteroatoms. The molecule has 3 aromatic rings. The maximum atomic E-state index is 13.6. The van der Waals surface area contributed by atoms with Gasteiger partial charge in [-0.3, -0.25) is 9.48 Å². The van der Waals surface area contributed by atoms with E-state index in [0.29, 0.717) is 18.8 Å². The van der Waals surface area contributed by atoms with Crippen LogP contribution in [0.15, 0.2) is 36.5 Å². The van der Waals surface area contributed by atoms with Gasteiger partial charge in [-0.05, 0) is 33.1 Å². The van der Waals surface area contributed by atoms with Crippen molar-refractivity contribution in [3.8, 4) is 11.4 Å². The van der Waals surface area contributed by atoms with Crippen molar-refractivity contribution in [1.82, 2.24) is 24.2 Å². The summed E-state index contributed by atoms with van der Waals surface area (Å²) in [5.41, 5.74) is 4.83. The predicted octanol–water partition coefficient (Wildman–Crippen LogP) is 3.98. The smallest absolute Gasteiger partial charge is 0.274 e. The van der Waals surface area contributed by atoms with Gasteiger partial charge in [0.15, 0.2) is 0 Å². The SMILES string of the molecule is CCN(Cc1cn(C)nc1C)C(=O)c1nc(-c2ccccc2)n2c1CCCCC2. The molecule has 1 aromatic carbocycles. The molecular formula is C23H29N5O. The van der Waals surface area contributed by atoms with Crippen LogP contribution in [0.4, 0.5) is 0 Å². The van der Waals surface area contributed by atoms with E-state index in [1.54, 1.807) is 4.68 Å². The van der Waals surface area contributed by atoms with Crippen LogP contribution in [-0.4, -0.2) is 36.7 Å². The third-order valence-electron chi connectivity index (χ3n) is 5.75. The first-order valence-corrected chi connectivity index (χ1v) is 10.5. The van der Waals surface area contributed by atoms with Crippen molar-refractivity contribution >= 4 is 5.91 Å². The summed E-state index contributed by atoms with van der Waals surface area (Å²) in [7, 11) is 1.91. The lowest BCUT2D eigenvalue weighted by atomic mass is 10.1. The first-order valence-electron chi connectivity index (χ1n) is 10.5. The molecule has 0 spiro atoms. The Balaban J connectivity index is 1.72. The molecule has 0 radical (unpaired) electrons. The van der Waals surface area contributed by atoms with Crippen LogP contribution in [0.5, 0.6) is 0 Å². The predicted molar refractivity (Wildman–Crippen MR) is 114 cm³/mol. The molecule has 6 nitrogen and oxygen atoms in total. The van der Waals surface area contributed by atoms with Crippen molar-refractivity contribution in [2.24, 2.45) is 7.05 Å². The maximum Gasteiger partial charge on any atom is 0.274 e. The van der Waals surface area contributed by atoms with Crippen molar-refractivity contribution in [3.63, 3.8) is 0 Å². The summed E-state index contributed by atoms with van der Waals surface area (Å²) in [4.78, 5) is 20.3. The first kappa shape index (κ1) is 19.4. The number of benzene rings is 1. The van der Waals surface area contributed by atoms with Gasteiger partial charge in [-0.25, -0.2) is 4.98 Å². The van der Waals surface area contributed by atoms with E-state index in [0.717, 1.165) is 54.1 Å². The molecule has 1 aliphatic rings. The monoisotopic (exact) mass is 391 g/mol. The van der Waals surface area contributed by atoms with Crippen LogP contribution >= 0.6 is 0 Å². The van der Waals surface area contributed by atoms with Gasteiger partial charge >= 0.3 is 0 Å². The molecule has 0 saturated carbocycles. The fourth-order valence-electron chi connectivity index (χ4n) is 4.19. The molecule has 3 heterocycles. The molecule has 0 aliphatic carbocycles. The van der Waals surface area contributed by atoms with Gasteiger partial charge in [-0.2, -0.15) is 5.10 Å². The van der Waals surface area contributed by atoms with Crippen LogP contribution in [0.2, 0.25) is 0 Å². The number of hydrogen-bond acceptors (Lipinski definition) is 3. The second kappa shape index (κ2) is 8.23. The lowest BCUT2D eigenvalue weighted by Gasteiger charge is -2.20. The number of carbonyl (C=O) groups excluding carboxylic acids is 1. The molecule has 0 bridgehead atoms. The fourth-order valence-corrected chi connectivity index (χ4v) is 4.19. The lowest BCUT2D eigenvalue weighted by Crippen LogP contribution is -2.31. The minimum absolute atomic E-state index is 0.0172. The zero-order valence-electron chi connectivity index (χ0n) is 17.6. The summed E-state index contributed by atoms with van der Waals surface area (Å²) < 4.78 is 4.08. The zero-order chi connectivity index (χ0) is 20.4. The molecule has 0 fully saturated rings.